The number of fused-ring (bicyclic) bond motifs is 1. The summed E-state index contributed by atoms with van der Waals surface area (Å²) < 4.78 is 48.0. The van der Waals surface area contributed by atoms with Crippen molar-refractivity contribution in [3.63, 3.8) is 0 Å². The fourth-order valence-electron chi connectivity index (χ4n) is 7.05. The first-order valence-electron chi connectivity index (χ1n) is 19.2. The second-order valence-corrected chi connectivity index (χ2v) is 15.2. The van der Waals surface area contributed by atoms with E-state index in [1.165, 1.54) is 12.1 Å². The van der Waals surface area contributed by atoms with Crippen LogP contribution in [0.15, 0.2) is 170 Å². The molecule has 1 aliphatic rings. The molecule has 7 aromatic rings. The first-order chi connectivity index (χ1) is 29.3. The molecule has 0 radical (unpaired) electrons. The van der Waals surface area contributed by atoms with Gasteiger partial charge in [-0.25, -0.2) is 23.6 Å². The average Bonchev–Trinajstić information content (AvgIpc) is 3.71. The monoisotopic (exact) mass is 820 g/mol. The Kier molecular flexibility index (Phi) is 12.2. The van der Waals surface area contributed by atoms with Gasteiger partial charge < -0.3 is 23.7 Å². The van der Waals surface area contributed by atoms with Crippen molar-refractivity contribution < 1.29 is 47.3 Å². The van der Waals surface area contributed by atoms with Gasteiger partial charge in [0.25, 0.3) is 0 Å². The summed E-state index contributed by atoms with van der Waals surface area (Å²) in [5.74, 6) is -3.56. The molecule has 300 valence electrons. The Bertz CT molecular complexity index is 2570. The van der Waals surface area contributed by atoms with Crippen molar-refractivity contribution >= 4 is 45.3 Å². The molecule has 0 spiro atoms. The molecule has 5 atom stereocenters. The maximum Gasteiger partial charge on any atom is 0.338 e. The van der Waals surface area contributed by atoms with E-state index >= 15 is 4.39 Å². The molecule has 0 saturated carbocycles. The fraction of sp³-hybridized carbons (Fsp3) is 0.143. The number of benzene rings is 6. The molecule has 0 bridgehead atoms. The molecule has 9 nitrogen and oxygen atoms in total. The zero-order chi connectivity index (χ0) is 41.4. The number of hydrogen-bond acceptors (Lipinski definition) is 10. The third kappa shape index (κ3) is 9.18. The van der Waals surface area contributed by atoms with Crippen LogP contribution in [0.1, 0.15) is 63.5 Å². The summed E-state index contributed by atoms with van der Waals surface area (Å²) in [4.78, 5) is 56.1. The maximum absolute atomic E-state index is 15.8. The molecule has 1 aliphatic heterocycles. The van der Waals surface area contributed by atoms with Crippen LogP contribution in [-0.4, -0.2) is 54.9 Å². The zero-order valence-corrected chi connectivity index (χ0v) is 32.7. The van der Waals surface area contributed by atoms with Gasteiger partial charge in [0.15, 0.2) is 18.3 Å². The van der Waals surface area contributed by atoms with Crippen molar-refractivity contribution in [1.82, 2.24) is 0 Å². The number of esters is 4. The number of ether oxygens (including phenoxy) is 5. The van der Waals surface area contributed by atoms with Crippen LogP contribution in [0.25, 0.3) is 10.1 Å². The topological polar surface area (TPSA) is 114 Å². The molecule has 1 fully saturated rings. The molecule has 60 heavy (non-hydrogen) atoms. The first-order valence-corrected chi connectivity index (χ1v) is 20.0. The largest absolute Gasteiger partial charge is 0.459 e. The second kappa shape index (κ2) is 18.3. The molecule has 6 aromatic carbocycles. The van der Waals surface area contributed by atoms with Crippen molar-refractivity contribution in [2.45, 2.75) is 36.9 Å². The van der Waals surface area contributed by atoms with Crippen LogP contribution in [0.3, 0.4) is 0 Å². The lowest BCUT2D eigenvalue weighted by Crippen LogP contribution is -2.60. The van der Waals surface area contributed by atoms with E-state index in [2.05, 4.69) is 0 Å². The average molecular weight is 821 g/mol. The first kappa shape index (κ1) is 39.9. The van der Waals surface area contributed by atoms with E-state index in [1.807, 2.05) is 30.3 Å². The molecule has 8 rings (SSSR count). The minimum Gasteiger partial charge on any atom is -0.459 e. The predicted molar refractivity (Wildman–Crippen MR) is 222 cm³/mol. The lowest BCUT2D eigenvalue weighted by molar-refractivity contribution is -0.231. The van der Waals surface area contributed by atoms with Crippen molar-refractivity contribution in [3.05, 3.63) is 214 Å². The van der Waals surface area contributed by atoms with Gasteiger partial charge in [0.1, 0.15) is 24.6 Å². The van der Waals surface area contributed by atoms with Crippen molar-refractivity contribution in [3.8, 4) is 0 Å². The number of carbonyl (C=O) groups is 4. The van der Waals surface area contributed by atoms with E-state index in [9.17, 15) is 19.2 Å². The Morgan fingerprint density at radius 2 is 1.02 bits per heavy atom. The Balaban J connectivity index is 1.23. The molecule has 1 saturated heterocycles. The van der Waals surface area contributed by atoms with E-state index in [0.717, 1.165) is 15.0 Å². The summed E-state index contributed by atoms with van der Waals surface area (Å²) in [6.07, 6.45) is -6.86. The molecule has 0 amide bonds. The summed E-state index contributed by atoms with van der Waals surface area (Å²) in [5, 5.41) is 1.03. The lowest BCUT2D eigenvalue weighted by atomic mass is 9.89. The normalized spacial score (nSPS) is 18.6. The summed E-state index contributed by atoms with van der Waals surface area (Å²) in [7, 11) is 0. The van der Waals surface area contributed by atoms with E-state index in [0.29, 0.717) is 11.1 Å². The lowest BCUT2D eigenvalue weighted by Gasteiger charge is -2.45. The van der Waals surface area contributed by atoms with Gasteiger partial charge in [0.05, 0.1) is 22.3 Å². The van der Waals surface area contributed by atoms with Crippen LogP contribution in [0.4, 0.5) is 4.39 Å². The number of rotatable bonds is 12. The van der Waals surface area contributed by atoms with E-state index < -0.39 is 66.8 Å². The minimum absolute atomic E-state index is 0.168. The van der Waals surface area contributed by atoms with Gasteiger partial charge in [-0.15, -0.1) is 11.3 Å². The van der Waals surface area contributed by atoms with Crippen molar-refractivity contribution in [2.24, 2.45) is 0 Å². The van der Waals surface area contributed by atoms with Crippen molar-refractivity contribution in [1.29, 1.82) is 0 Å². The summed E-state index contributed by atoms with van der Waals surface area (Å²) in [5.41, 5.74) is 1.49. The van der Waals surface area contributed by atoms with Gasteiger partial charge in [-0.2, -0.15) is 0 Å². The van der Waals surface area contributed by atoms with E-state index in [4.69, 9.17) is 23.7 Å². The highest BCUT2D eigenvalue weighted by Crippen LogP contribution is 2.40. The van der Waals surface area contributed by atoms with Crippen LogP contribution < -0.4 is 0 Å². The highest BCUT2D eigenvalue weighted by Gasteiger charge is 2.53. The van der Waals surface area contributed by atoms with E-state index in [1.54, 1.807) is 139 Å². The molecule has 11 heteroatoms. The van der Waals surface area contributed by atoms with Crippen LogP contribution >= 0.6 is 11.3 Å². The van der Waals surface area contributed by atoms with Crippen molar-refractivity contribution in [2.75, 3.05) is 6.61 Å². The second-order valence-electron chi connectivity index (χ2n) is 14.0. The van der Waals surface area contributed by atoms with Gasteiger partial charge in [0.2, 0.25) is 0 Å². The van der Waals surface area contributed by atoms with Gasteiger partial charge in [0, 0.05) is 16.0 Å². The Morgan fingerprint density at radius 3 is 1.57 bits per heavy atom. The minimum atomic E-state index is -1.55. The summed E-state index contributed by atoms with van der Waals surface area (Å²) >= 11 is 1.54. The molecular formula is C49H37FO9S. The van der Waals surface area contributed by atoms with Gasteiger partial charge in [-0.05, 0) is 89.3 Å². The Hall–Kier alpha value is -6.95. The van der Waals surface area contributed by atoms with Crippen LogP contribution in [0.2, 0.25) is 0 Å². The number of thiophene rings is 1. The smallest absolute Gasteiger partial charge is 0.338 e. The molecule has 2 heterocycles. The third-order valence-electron chi connectivity index (χ3n) is 10.0. The zero-order valence-electron chi connectivity index (χ0n) is 31.9. The fourth-order valence-corrected chi connectivity index (χ4v) is 8.14. The number of carbonyl (C=O) groups excluding carboxylic acids is 4. The van der Waals surface area contributed by atoms with E-state index in [-0.39, 0.29) is 28.7 Å². The molecular weight excluding hydrogens is 784 g/mol. The van der Waals surface area contributed by atoms with Crippen LogP contribution in [-0.2, 0) is 30.1 Å². The number of halogens is 1. The third-order valence-corrected chi connectivity index (χ3v) is 11.1. The van der Waals surface area contributed by atoms with Gasteiger partial charge in [-0.1, -0.05) is 97.1 Å². The standard InChI is InChI=1S/C49H37FO9S/c50-39-26-25-36(27-37(39)29-38-28-35-23-13-14-24-41(35)60-38)42-44(58-48(53)33-19-9-3-10-20-33)45(59-49(54)34-21-11-4-12-22-34)43(57-47(52)32-17-7-2-8-18-32)40(56-42)30-55-46(51)31-15-5-1-6-16-31/h1-28,40,42-45H,29-30H2. The Morgan fingerprint density at radius 1 is 0.533 bits per heavy atom. The SMILES string of the molecule is O=C(OCC1OC(c2ccc(F)c(Cc3cc4ccccc4s3)c2)C(OC(=O)c2ccccc2)C(OC(=O)c2ccccc2)C1OC(=O)c1ccccc1)c1ccccc1. The molecule has 0 aliphatic carbocycles. The van der Waals surface area contributed by atoms with Gasteiger partial charge in [-0.3, -0.25) is 0 Å². The van der Waals surface area contributed by atoms with Crippen LogP contribution in [0, 0.1) is 5.82 Å². The highest BCUT2D eigenvalue weighted by atomic mass is 32.1. The van der Waals surface area contributed by atoms with Crippen LogP contribution in [0.5, 0.6) is 0 Å². The van der Waals surface area contributed by atoms with Gasteiger partial charge >= 0.3 is 23.9 Å². The molecule has 0 N–H and O–H groups in total. The highest BCUT2D eigenvalue weighted by molar-refractivity contribution is 7.19. The summed E-state index contributed by atoms with van der Waals surface area (Å²) in [6, 6.07) is 47.1. The predicted octanol–water partition coefficient (Wildman–Crippen LogP) is 9.60. The Labute approximate surface area is 348 Å². The number of hydrogen-bond donors (Lipinski definition) is 0. The quantitative estimate of drug-likeness (QED) is 0.0878. The molecule has 5 unspecified atom stereocenters. The maximum atomic E-state index is 15.8. The summed E-state index contributed by atoms with van der Waals surface area (Å²) in [6.45, 7) is -0.481. The molecule has 1 aromatic heterocycles.